The first-order valence-corrected chi connectivity index (χ1v) is 5.75. The molecule has 0 unspecified atom stereocenters. The molecule has 15 heavy (non-hydrogen) atoms. The molecule has 0 bridgehead atoms. The Balaban J connectivity index is 2.29. The molecule has 1 saturated carbocycles. The van der Waals surface area contributed by atoms with Crippen molar-refractivity contribution in [2.24, 2.45) is 5.41 Å². The van der Waals surface area contributed by atoms with Gasteiger partial charge in [0.05, 0.1) is 12.1 Å². The van der Waals surface area contributed by atoms with Crippen LogP contribution in [-0.4, -0.2) is 35.5 Å². The molecule has 0 atom stereocenters. The first-order valence-electron chi connectivity index (χ1n) is 5.75. The standard InChI is InChI=1S/C11H24N2O2/c1-10(2,8-14)7-12-13-11(9-15)5-3-4-6-11/h12-15H,3-9H2,1-2H3. The normalized spacial score (nSPS) is 20.8. The Morgan fingerprint density at radius 1 is 1.20 bits per heavy atom. The van der Waals surface area contributed by atoms with Crippen molar-refractivity contribution in [1.82, 2.24) is 10.9 Å². The summed E-state index contributed by atoms with van der Waals surface area (Å²) in [5, 5.41) is 18.4. The fourth-order valence-electron chi connectivity index (χ4n) is 1.90. The Morgan fingerprint density at radius 2 is 1.80 bits per heavy atom. The lowest BCUT2D eigenvalue weighted by atomic mass is 9.95. The van der Waals surface area contributed by atoms with Crippen molar-refractivity contribution in [3.8, 4) is 0 Å². The van der Waals surface area contributed by atoms with Crippen LogP contribution in [0.25, 0.3) is 0 Å². The van der Waals surface area contributed by atoms with Gasteiger partial charge in [-0.15, -0.1) is 0 Å². The predicted molar refractivity (Wildman–Crippen MR) is 60.3 cm³/mol. The van der Waals surface area contributed by atoms with Crippen LogP contribution in [0, 0.1) is 5.41 Å². The van der Waals surface area contributed by atoms with Gasteiger partial charge in [-0.2, -0.15) is 0 Å². The van der Waals surface area contributed by atoms with Gasteiger partial charge in [-0.3, -0.25) is 5.43 Å². The van der Waals surface area contributed by atoms with E-state index < -0.39 is 0 Å². The molecule has 0 radical (unpaired) electrons. The lowest BCUT2D eigenvalue weighted by Crippen LogP contribution is -2.55. The van der Waals surface area contributed by atoms with Crippen molar-refractivity contribution in [1.29, 1.82) is 0 Å². The zero-order chi connectivity index (χ0) is 11.4. The van der Waals surface area contributed by atoms with Crippen LogP contribution in [-0.2, 0) is 0 Å². The second-order valence-corrected chi connectivity index (χ2v) is 5.45. The summed E-state index contributed by atoms with van der Waals surface area (Å²) in [5.74, 6) is 0. The smallest absolute Gasteiger partial charge is 0.0626 e. The Hall–Kier alpha value is -0.160. The number of hydrazine groups is 1. The number of aliphatic hydroxyl groups is 2. The van der Waals surface area contributed by atoms with E-state index in [0.717, 1.165) is 12.8 Å². The van der Waals surface area contributed by atoms with E-state index in [1.165, 1.54) is 12.8 Å². The molecule has 0 aromatic rings. The molecule has 0 aromatic heterocycles. The van der Waals surface area contributed by atoms with Gasteiger partial charge in [0.2, 0.25) is 0 Å². The summed E-state index contributed by atoms with van der Waals surface area (Å²) < 4.78 is 0. The first-order chi connectivity index (χ1) is 7.04. The van der Waals surface area contributed by atoms with Gasteiger partial charge in [0.15, 0.2) is 0 Å². The van der Waals surface area contributed by atoms with Crippen molar-refractivity contribution in [3.63, 3.8) is 0 Å². The van der Waals surface area contributed by atoms with Crippen molar-refractivity contribution in [2.75, 3.05) is 19.8 Å². The fourth-order valence-corrected chi connectivity index (χ4v) is 1.90. The van der Waals surface area contributed by atoms with E-state index in [1.807, 2.05) is 13.8 Å². The maximum atomic E-state index is 9.35. The van der Waals surface area contributed by atoms with Gasteiger partial charge >= 0.3 is 0 Å². The van der Waals surface area contributed by atoms with Gasteiger partial charge in [0.25, 0.3) is 0 Å². The molecular formula is C11H24N2O2. The summed E-state index contributed by atoms with van der Waals surface area (Å²) >= 11 is 0. The summed E-state index contributed by atoms with van der Waals surface area (Å²) in [6, 6.07) is 0. The highest BCUT2D eigenvalue weighted by molar-refractivity contribution is 4.91. The average molecular weight is 216 g/mol. The summed E-state index contributed by atoms with van der Waals surface area (Å²) in [6.45, 7) is 5.04. The highest BCUT2D eigenvalue weighted by Crippen LogP contribution is 2.28. The van der Waals surface area contributed by atoms with Crippen LogP contribution in [0.5, 0.6) is 0 Å². The van der Waals surface area contributed by atoms with Gasteiger partial charge in [-0.25, -0.2) is 5.43 Å². The molecule has 0 aliphatic heterocycles. The predicted octanol–water partition coefficient (Wildman–Crippen LogP) is 0.404. The second-order valence-electron chi connectivity index (χ2n) is 5.45. The molecule has 1 aliphatic carbocycles. The lowest BCUT2D eigenvalue weighted by molar-refractivity contribution is 0.118. The molecule has 90 valence electrons. The van der Waals surface area contributed by atoms with E-state index in [4.69, 9.17) is 5.11 Å². The number of hydrogen-bond acceptors (Lipinski definition) is 4. The highest BCUT2D eigenvalue weighted by Gasteiger charge is 2.33. The summed E-state index contributed by atoms with van der Waals surface area (Å²) in [6.07, 6.45) is 4.41. The summed E-state index contributed by atoms with van der Waals surface area (Å²) in [4.78, 5) is 0. The minimum Gasteiger partial charge on any atom is -0.396 e. The second kappa shape index (κ2) is 5.25. The Kier molecular flexibility index (Phi) is 4.52. The number of nitrogens with one attached hydrogen (secondary N) is 2. The average Bonchev–Trinajstić information content (AvgIpc) is 2.67. The van der Waals surface area contributed by atoms with Crippen LogP contribution in [0.4, 0.5) is 0 Å². The van der Waals surface area contributed by atoms with Crippen LogP contribution in [0.1, 0.15) is 39.5 Å². The van der Waals surface area contributed by atoms with E-state index in [2.05, 4.69) is 10.9 Å². The van der Waals surface area contributed by atoms with Crippen LogP contribution in [0.3, 0.4) is 0 Å². The third kappa shape index (κ3) is 3.72. The summed E-state index contributed by atoms with van der Waals surface area (Å²) in [5.41, 5.74) is 6.11. The molecular weight excluding hydrogens is 192 g/mol. The molecule has 4 nitrogen and oxygen atoms in total. The van der Waals surface area contributed by atoms with Crippen molar-refractivity contribution in [3.05, 3.63) is 0 Å². The maximum absolute atomic E-state index is 9.35. The highest BCUT2D eigenvalue weighted by atomic mass is 16.3. The number of rotatable bonds is 6. The zero-order valence-electron chi connectivity index (χ0n) is 9.84. The number of aliphatic hydroxyl groups excluding tert-OH is 2. The zero-order valence-corrected chi connectivity index (χ0v) is 9.84. The van der Waals surface area contributed by atoms with Gasteiger partial charge in [-0.1, -0.05) is 26.7 Å². The minimum atomic E-state index is -0.133. The van der Waals surface area contributed by atoms with Gasteiger partial charge in [-0.05, 0) is 12.8 Å². The first kappa shape index (κ1) is 12.9. The van der Waals surface area contributed by atoms with Gasteiger partial charge in [0.1, 0.15) is 0 Å². The number of hydrogen-bond donors (Lipinski definition) is 4. The molecule has 4 heteroatoms. The monoisotopic (exact) mass is 216 g/mol. The summed E-state index contributed by atoms with van der Waals surface area (Å²) in [7, 11) is 0. The minimum absolute atomic E-state index is 0.123. The quantitative estimate of drug-likeness (QED) is 0.485. The Labute approximate surface area is 92.0 Å². The van der Waals surface area contributed by atoms with E-state index in [0.29, 0.717) is 6.54 Å². The maximum Gasteiger partial charge on any atom is 0.0626 e. The molecule has 0 heterocycles. The van der Waals surface area contributed by atoms with E-state index in [-0.39, 0.29) is 24.2 Å². The van der Waals surface area contributed by atoms with E-state index in [1.54, 1.807) is 0 Å². The van der Waals surface area contributed by atoms with E-state index in [9.17, 15) is 5.11 Å². The van der Waals surface area contributed by atoms with Gasteiger partial charge in [0, 0.05) is 18.6 Å². The SMILES string of the molecule is CC(C)(CO)CNNC1(CO)CCCC1. The molecule has 0 aromatic carbocycles. The third-order valence-corrected chi connectivity index (χ3v) is 3.21. The van der Waals surface area contributed by atoms with Crippen LogP contribution >= 0.6 is 0 Å². The molecule has 1 rings (SSSR count). The Bertz CT molecular complexity index is 189. The van der Waals surface area contributed by atoms with Gasteiger partial charge < -0.3 is 10.2 Å². The van der Waals surface area contributed by atoms with Crippen molar-refractivity contribution >= 4 is 0 Å². The molecule has 0 saturated heterocycles. The topological polar surface area (TPSA) is 64.5 Å². The Morgan fingerprint density at radius 3 is 2.27 bits per heavy atom. The molecule has 1 fully saturated rings. The molecule has 0 spiro atoms. The van der Waals surface area contributed by atoms with Crippen LogP contribution in [0.2, 0.25) is 0 Å². The third-order valence-electron chi connectivity index (χ3n) is 3.21. The van der Waals surface area contributed by atoms with E-state index >= 15 is 0 Å². The largest absolute Gasteiger partial charge is 0.396 e. The molecule has 1 aliphatic rings. The van der Waals surface area contributed by atoms with Crippen molar-refractivity contribution < 1.29 is 10.2 Å². The molecule has 0 amide bonds. The molecule has 4 N–H and O–H groups in total. The lowest BCUT2D eigenvalue weighted by Gasteiger charge is -2.31. The van der Waals surface area contributed by atoms with Crippen LogP contribution < -0.4 is 10.9 Å². The van der Waals surface area contributed by atoms with Crippen LogP contribution in [0.15, 0.2) is 0 Å². The fraction of sp³-hybridized carbons (Fsp3) is 1.00. The van der Waals surface area contributed by atoms with Crippen molar-refractivity contribution in [2.45, 2.75) is 45.1 Å².